The molecule has 1 aromatic heterocycles. The maximum atomic E-state index is 12.2. The Hall–Kier alpha value is -1.72. The first kappa shape index (κ1) is 14.2. The average Bonchev–Trinajstić information content (AvgIpc) is 2.73. The van der Waals surface area contributed by atoms with Crippen molar-refractivity contribution in [1.82, 2.24) is 9.88 Å². The van der Waals surface area contributed by atoms with Crippen molar-refractivity contribution in [2.45, 2.75) is 13.8 Å². The molecule has 0 radical (unpaired) electrons. The van der Waals surface area contributed by atoms with Crippen molar-refractivity contribution in [3.05, 3.63) is 46.5 Å². The Balaban J connectivity index is 1.98. The van der Waals surface area contributed by atoms with Crippen LogP contribution in [0.2, 0.25) is 0 Å². The number of amides is 1. The highest BCUT2D eigenvalue weighted by Crippen LogP contribution is 2.32. The van der Waals surface area contributed by atoms with Crippen LogP contribution in [0.15, 0.2) is 35.2 Å². The summed E-state index contributed by atoms with van der Waals surface area (Å²) in [7, 11) is 0. The number of thiocarbonyl (C=S) groups is 1. The van der Waals surface area contributed by atoms with Gasteiger partial charge in [0.1, 0.15) is 4.32 Å². The number of aryl methyl sites for hydroxylation is 1. The lowest BCUT2D eigenvalue weighted by Crippen LogP contribution is -2.27. The third-order valence-electron chi connectivity index (χ3n) is 3.34. The maximum Gasteiger partial charge on any atom is 0.266 e. The molecular weight excluding hydrogens is 300 g/mol. The molecule has 0 atom stereocenters. The van der Waals surface area contributed by atoms with E-state index in [2.05, 4.69) is 18.0 Å². The normalized spacial score (nSPS) is 17.2. The second kappa shape index (κ2) is 5.58. The molecule has 3 nitrogen and oxygen atoms in total. The Bertz CT molecular complexity index is 783. The van der Waals surface area contributed by atoms with Crippen LogP contribution in [0, 0.1) is 6.92 Å². The lowest BCUT2D eigenvalue weighted by atomic mass is 10.1. The van der Waals surface area contributed by atoms with Gasteiger partial charge in [-0.05, 0) is 38.1 Å². The Labute approximate surface area is 133 Å². The van der Waals surface area contributed by atoms with Crippen LogP contribution in [-0.4, -0.2) is 26.7 Å². The van der Waals surface area contributed by atoms with Crippen molar-refractivity contribution in [2.24, 2.45) is 0 Å². The number of likely N-dealkylation sites (N-methyl/N-ethyl adjacent to an activating group) is 1. The van der Waals surface area contributed by atoms with E-state index in [-0.39, 0.29) is 5.91 Å². The van der Waals surface area contributed by atoms with E-state index in [0.29, 0.717) is 15.8 Å². The van der Waals surface area contributed by atoms with E-state index in [1.54, 1.807) is 4.90 Å². The van der Waals surface area contributed by atoms with Crippen LogP contribution in [0.4, 0.5) is 0 Å². The van der Waals surface area contributed by atoms with E-state index in [0.717, 1.165) is 16.6 Å². The number of benzene rings is 1. The van der Waals surface area contributed by atoms with Crippen molar-refractivity contribution in [1.29, 1.82) is 0 Å². The van der Waals surface area contributed by atoms with E-state index in [4.69, 9.17) is 12.2 Å². The summed E-state index contributed by atoms with van der Waals surface area (Å²) in [6, 6.07) is 10.1. The Kier molecular flexibility index (Phi) is 3.78. The highest BCUT2D eigenvalue weighted by Gasteiger charge is 2.30. The van der Waals surface area contributed by atoms with Gasteiger partial charge in [-0.3, -0.25) is 9.69 Å². The van der Waals surface area contributed by atoms with E-state index in [1.807, 2.05) is 37.3 Å². The van der Waals surface area contributed by atoms with Gasteiger partial charge in [0.25, 0.3) is 5.91 Å². The number of nitrogens with zero attached hydrogens (tertiary/aromatic N) is 2. The van der Waals surface area contributed by atoms with Gasteiger partial charge in [-0.2, -0.15) is 0 Å². The zero-order chi connectivity index (χ0) is 15.0. The number of rotatable bonds is 2. The van der Waals surface area contributed by atoms with Crippen molar-refractivity contribution in [3.8, 4) is 0 Å². The highest BCUT2D eigenvalue weighted by molar-refractivity contribution is 8.26. The van der Waals surface area contributed by atoms with Gasteiger partial charge in [-0.25, -0.2) is 4.98 Å². The highest BCUT2D eigenvalue weighted by atomic mass is 32.2. The summed E-state index contributed by atoms with van der Waals surface area (Å²) < 4.78 is 0.616. The number of hydrogen-bond donors (Lipinski definition) is 0. The molecule has 1 aliphatic rings. The van der Waals surface area contributed by atoms with Crippen LogP contribution in [0.1, 0.15) is 18.2 Å². The number of hydrogen-bond acceptors (Lipinski definition) is 4. The molecule has 0 unspecified atom stereocenters. The van der Waals surface area contributed by atoms with E-state index in [9.17, 15) is 4.79 Å². The van der Waals surface area contributed by atoms with Gasteiger partial charge in [0.2, 0.25) is 0 Å². The number of pyridine rings is 1. The third-order valence-corrected chi connectivity index (χ3v) is 4.71. The molecule has 2 aromatic rings. The Morgan fingerprint density at radius 2 is 2.14 bits per heavy atom. The van der Waals surface area contributed by atoms with E-state index >= 15 is 0 Å². The number of carbonyl (C=O) groups excluding carboxylic acids is 1. The zero-order valence-electron chi connectivity index (χ0n) is 11.8. The van der Waals surface area contributed by atoms with Gasteiger partial charge in [0, 0.05) is 11.9 Å². The third kappa shape index (κ3) is 2.71. The summed E-state index contributed by atoms with van der Waals surface area (Å²) in [6.45, 7) is 4.58. The summed E-state index contributed by atoms with van der Waals surface area (Å²) in [4.78, 5) is 19.0. The smallest absolute Gasteiger partial charge is 0.266 e. The summed E-state index contributed by atoms with van der Waals surface area (Å²) in [5, 5.41) is 1.10. The fraction of sp³-hybridized carbons (Fsp3) is 0.188. The topological polar surface area (TPSA) is 33.2 Å². The molecule has 1 aliphatic heterocycles. The molecule has 0 spiro atoms. The largest absolute Gasteiger partial charge is 0.293 e. The standard InChI is InChI=1S/C16H14N2OS2/c1-3-18-15(19)14(21-16(18)20)9-12-6-5-11-8-10(2)4-7-13(11)17-12/h4-9H,3H2,1-2H3. The van der Waals surface area contributed by atoms with E-state index < -0.39 is 0 Å². The minimum Gasteiger partial charge on any atom is -0.293 e. The SMILES string of the molecule is CCN1C(=O)C(=Cc2ccc3cc(C)ccc3n2)SC1=S. The maximum absolute atomic E-state index is 12.2. The molecule has 1 saturated heterocycles. The quantitative estimate of drug-likeness (QED) is 0.624. The monoisotopic (exact) mass is 314 g/mol. The van der Waals surface area contributed by atoms with Crippen molar-refractivity contribution >= 4 is 51.2 Å². The zero-order valence-corrected chi connectivity index (χ0v) is 13.4. The molecule has 0 N–H and O–H groups in total. The summed E-state index contributed by atoms with van der Waals surface area (Å²) >= 11 is 6.55. The predicted molar refractivity (Wildman–Crippen MR) is 92.0 cm³/mol. The lowest BCUT2D eigenvalue weighted by molar-refractivity contribution is -0.121. The van der Waals surface area contributed by atoms with Gasteiger partial charge >= 0.3 is 0 Å². The number of thioether (sulfide) groups is 1. The second-order valence-corrected chi connectivity index (χ2v) is 6.53. The summed E-state index contributed by atoms with van der Waals surface area (Å²) in [5.41, 5.74) is 2.92. The molecule has 106 valence electrons. The van der Waals surface area contributed by atoms with Gasteiger partial charge in [0.05, 0.1) is 16.1 Å². The van der Waals surface area contributed by atoms with Gasteiger partial charge in [-0.1, -0.05) is 41.7 Å². The molecule has 1 fully saturated rings. The van der Waals surface area contributed by atoms with Crippen LogP contribution in [0.25, 0.3) is 17.0 Å². The fourth-order valence-electron chi connectivity index (χ4n) is 2.25. The van der Waals surface area contributed by atoms with Crippen LogP contribution in [0.3, 0.4) is 0 Å². The van der Waals surface area contributed by atoms with Crippen LogP contribution in [-0.2, 0) is 4.79 Å². The molecule has 0 bridgehead atoms. The predicted octanol–water partition coefficient (Wildman–Crippen LogP) is 3.76. The van der Waals surface area contributed by atoms with Crippen LogP contribution >= 0.6 is 24.0 Å². The summed E-state index contributed by atoms with van der Waals surface area (Å²) in [5.74, 6) is -0.0293. The molecular formula is C16H14N2OS2. The molecule has 2 heterocycles. The second-order valence-electron chi connectivity index (χ2n) is 4.86. The van der Waals surface area contributed by atoms with Crippen molar-refractivity contribution in [3.63, 3.8) is 0 Å². The van der Waals surface area contributed by atoms with E-state index in [1.165, 1.54) is 17.3 Å². The molecule has 5 heteroatoms. The number of carbonyl (C=O) groups is 1. The molecule has 3 rings (SSSR count). The summed E-state index contributed by atoms with van der Waals surface area (Å²) in [6.07, 6.45) is 1.81. The van der Waals surface area contributed by atoms with Crippen LogP contribution < -0.4 is 0 Å². The average molecular weight is 314 g/mol. The molecule has 21 heavy (non-hydrogen) atoms. The lowest BCUT2D eigenvalue weighted by Gasteiger charge is -2.09. The Morgan fingerprint density at radius 1 is 1.33 bits per heavy atom. The van der Waals surface area contributed by atoms with Gasteiger partial charge in [-0.15, -0.1) is 0 Å². The number of aromatic nitrogens is 1. The van der Waals surface area contributed by atoms with Gasteiger partial charge < -0.3 is 0 Å². The van der Waals surface area contributed by atoms with Crippen LogP contribution in [0.5, 0.6) is 0 Å². The van der Waals surface area contributed by atoms with Crippen molar-refractivity contribution < 1.29 is 4.79 Å². The first-order valence-electron chi connectivity index (χ1n) is 6.71. The minimum atomic E-state index is -0.0293. The molecule has 0 saturated carbocycles. The molecule has 0 aliphatic carbocycles. The molecule has 1 aromatic carbocycles. The first-order chi connectivity index (χ1) is 10.1. The Morgan fingerprint density at radius 3 is 2.86 bits per heavy atom. The first-order valence-corrected chi connectivity index (χ1v) is 7.94. The fourth-order valence-corrected chi connectivity index (χ4v) is 3.62. The van der Waals surface area contributed by atoms with Crippen molar-refractivity contribution in [2.75, 3.05) is 6.54 Å². The van der Waals surface area contributed by atoms with Gasteiger partial charge in [0.15, 0.2) is 0 Å². The molecule has 1 amide bonds. The number of fused-ring (bicyclic) bond motifs is 1. The minimum absolute atomic E-state index is 0.0293.